The normalized spacial score (nSPS) is 10.5. The number of aromatic nitrogens is 1. The Balaban J connectivity index is 2.92. The molecule has 2 aromatic rings. The van der Waals surface area contributed by atoms with Crippen molar-refractivity contribution in [3.05, 3.63) is 33.9 Å². The average molecular weight is 239 g/mol. The number of halogens is 2. The average Bonchev–Trinajstić information content (AvgIpc) is 2.61. The molecule has 0 fully saturated rings. The lowest BCUT2D eigenvalue weighted by Gasteiger charge is -2.05. The van der Waals surface area contributed by atoms with Crippen molar-refractivity contribution in [1.82, 2.24) is 4.57 Å². The fraction of sp³-hybridized carbons (Fsp3) is 0.182. The quantitative estimate of drug-likeness (QED) is 0.743. The third-order valence-electron chi connectivity index (χ3n) is 2.38. The molecule has 0 aliphatic carbocycles. The van der Waals surface area contributed by atoms with E-state index in [0.717, 1.165) is 10.9 Å². The first kappa shape index (κ1) is 10.4. The lowest BCUT2D eigenvalue weighted by Crippen LogP contribution is -1.97. The minimum absolute atomic E-state index is 0.512. The second kappa shape index (κ2) is 3.77. The van der Waals surface area contributed by atoms with Gasteiger partial charge in [0.1, 0.15) is 11.8 Å². The third-order valence-corrected chi connectivity index (χ3v) is 3.18. The van der Waals surface area contributed by atoms with Gasteiger partial charge in [0.2, 0.25) is 0 Å². The molecule has 1 aromatic heterocycles. The summed E-state index contributed by atoms with van der Waals surface area (Å²) in [6.07, 6.45) is 0. The molecule has 15 heavy (non-hydrogen) atoms. The van der Waals surface area contributed by atoms with Crippen molar-refractivity contribution < 1.29 is 0 Å². The highest BCUT2D eigenvalue weighted by atomic mass is 35.5. The Morgan fingerprint density at radius 2 is 2.13 bits per heavy atom. The van der Waals surface area contributed by atoms with Gasteiger partial charge in [-0.25, -0.2) is 0 Å². The number of aryl methyl sites for hydroxylation is 1. The fourth-order valence-corrected chi connectivity index (χ4v) is 2.14. The van der Waals surface area contributed by atoms with Crippen molar-refractivity contribution >= 4 is 34.1 Å². The van der Waals surface area contributed by atoms with E-state index >= 15 is 0 Å². The van der Waals surface area contributed by atoms with Crippen LogP contribution in [0.3, 0.4) is 0 Å². The highest BCUT2D eigenvalue weighted by molar-refractivity contribution is 6.45. The summed E-state index contributed by atoms with van der Waals surface area (Å²) in [5.41, 5.74) is 1.44. The van der Waals surface area contributed by atoms with E-state index in [1.165, 1.54) is 0 Å². The van der Waals surface area contributed by atoms with Crippen LogP contribution in [0.4, 0.5) is 0 Å². The molecule has 0 unspecified atom stereocenters. The topological polar surface area (TPSA) is 28.7 Å². The molecule has 0 N–H and O–H groups in total. The van der Waals surface area contributed by atoms with E-state index in [1.54, 1.807) is 6.07 Å². The molecule has 0 atom stereocenters. The van der Waals surface area contributed by atoms with Crippen LogP contribution in [-0.4, -0.2) is 4.57 Å². The van der Waals surface area contributed by atoms with Crippen molar-refractivity contribution in [3.63, 3.8) is 0 Å². The molecule has 2 rings (SSSR count). The molecule has 0 radical (unpaired) electrons. The molecule has 76 valence electrons. The molecular formula is C11H8Cl2N2. The van der Waals surface area contributed by atoms with Crippen molar-refractivity contribution in [2.75, 3.05) is 0 Å². The summed E-state index contributed by atoms with van der Waals surface area (Å²) < 4.78 is 1.86. The largest absolute Gasteiger partial charge is 0.331 e. The molecule has 1 heterocycles. The summed E-state index contributed by atoms with van der Waals surface area (Å²) in [5, 5.41) is 10.9. The van der Waals surface area contributed by atoms with Crippen LogP contribution in [0.1, 0.15) is 12.6 Å². The van der Waals surface area contributed by atoms with Gasteiger partial charge in [0.25, 0.3) is 0 Å². The molecular weight excluding hydrogens is 231 g/mol. The van der Waals surface area contributed by atoms with Crippen molar-refractivity contribution in [1.29, 1.82) is 5.26 Å². The lowest BCUT2D eigenvalue weighted by molar-refractivity contribution is 0.786. The number of fused-ring (bicyclic) bond motifs is 1. The van der Waals surface area contributed by atoms with E-state index in [0.29, 0.717) is 22.3 Å². The maximum Gasteiger partial charge on any atom is 0.121 e. The molecule has 0 amide bonds. The van der Waals surface area contributed by atoms with Crippen LogP contribution in [0.2, 0.25) is 10.0 Å². The van der Waals surface area contributed by atoms with E-state index in [1.807, 2.05) is 23.6 Å². The van der Waals surface area contributed by atoms with E-state index < -0.39 is 0 Å². The van der Waals surface area contributed by atoms with E-state index in [4.69, 9.17) is 28.5 Å². The van der Waals surface area contributed by atoms with Crippen LogP contribution < -0.4 is 0 Å². The summed E-state index contributed by atoms with van der Waals surface area (Å²) in [5.74, 6) is 0. The second-order valence-corrected chi connectivity index (χ2v) is 3.97. The molecule has 1 aromatic carbocycles. The second-order valence-electron chi connectivity index (χ2n) is 3.18. The van der Waals surface area contributed by atoms with Crippen molar-refractivity contribution in [2.24, 2.45) is 0 Å². The zero-order valence-electron chi connectivity index (χ0n) is 8.09. The van der Waals surface area contributed by atoms with Crippen LogP contribution in [0.15, 0.2) is 18.2 Å². The van der Waals surface area contributed by atoms with E-state index in [-0.39, 0.29) is 0 Å². The SMILES string of the molecule is CCn1c(C#N)cc2ccc(Cl)c(Cl)c21. The predicted octanol–water partition coefficient (Wildman–Crippen LogP) is 3.84. The fourth-order valence-electron chi connectivity index (χ4n) is 1.71. The molecule has 0 saturated carbocycles. The first-order valence-corrected chi connectivity index (χ1v) is 5.32. The van der Waals surface area contributed by atoms with E-state index in [2.05, 4.69) is 6.07 Å². The van der Waals surface area contributed by atoms with Gasteiger partial charge in [-0.2, -0.15) is 5.26 Å². The van der Waals surface area contributed by atoms with Crippen molar-refractivity contribution in [2.45, 2.75) is 13.5 Å². The van der Waals surface area contributed by atoms with E-state index in [9.17, 15) is 0 Å². The number of nitriles is 1. The number of hydrogen-bond donors (Lipinski definition) is 0. The Hall–Kier alpha value is -1.17. The van der Waals surface area contributed by atoms with Crippen LogP contribution in [-0.2, 0) is 6.54 Å². The maximum absolute atomic E-state index is 8.96. The Kier molecular flexibility index (Phi) is 2.60. The Labute approximate surface area is 97.6 Å². The van der Waals surface area contributed by atoms with Crippen LogP contribution in [0.5, 0.6) is 0 Å². The third kappa shape index (κ3) is 1.49. The highest BCUT2D eigenvalue weighted by Crippen LogP contribution is 2.32. The Morgan fingerprint density at radius 1 is 1.40 bits per heavy atom. The first-order valence-electron chi connectivity index (χ1n) is 4.56. The smallest absolute Gasteiger partial charge is 0.121 e. The minimum Gasteiger partial charge on any atom is -0.331 e. The minimum atomic E-state index is 0.512. The highest BCUT2D eigenvalue weighted by Gasteiger charge is 2.12. The van der Waals surface area contributed by atoms with Gasteiger partial charge in [0, 0.05) is 11.9 Å². The molecule has 0 aliphatic heterocycles. The number of hydrogen-bond acceptors (Lipinski definition) is 1. The lowest BCUT2D eigenvalue weighted by atomic mass is 10.2. The van der Waals surface area contributed by atoms with Gasteiger partial charge >= 0.3 is 0 Å². The first-order chi connectivity index (χ1) is 7.19. The molecule has 0 spiro atoms. The predicted molar refractivity (Wildman–Crippen MR) is 62.3 cm³/mol. The summed E-state index contributed by atoms with van der Waals surface area (Å²) in [4.78, 5) is 0. The maximum atomic E-state index is 8.96. The Bertz CT molecular complexity index is 564. The molecule has 4 heteroatoms. The molecule has 2 nitrogen and oxygen atoms in total. The van der Waals surface area contributed by atoms with Gasteiger partial charge in [-0.3, -0.25) is 0 Å². The molecule has 0 bridgehead atoms. The number of rotatable bonds is 1. The van der Waals surface area contributed by atoms with Crippen LogP contribution >= 0.6 is 23.2 Å². The zero-order valence-corrected chi connectivity index (χ0v) is 9.60. The summed E-state index contributed by atoms with van der Waals surface area (Å²) >= 11 is 12.1. The van der Waals surface area contributed by atoms with Gasteiger partial charge in [0.15, 0.2) is 0 Å². The van der Waals surface area contributed by atoms with Crippen LogP contribution in [0.25, 0.3) is 10.9 Å². The molecule has 0 aliphatic rings. The number of nitrogens with zero attached hydrogens (tertiary/aromatic N) is 2. The summed E-state index contributed by atoms with van der Waals surface area (Å²) in [7, 11) is 0. The zero-order chi connectivity index (χ0) is 11.0. The van der Waals surface area contributed by atoms with Gasteiger partial charge in [0.05, 0.1) is 15.6 Å². The molecule has 0 saturated heterocycles. The summed E-state index contributed by atoms with van der Waals surface area (Å²) in [6, 6.07) is 7.58. The monoisotopic (exact) mass is 238 g/mol. The Morgan fingerprint density at radius 3 is 2.73 bits per heavy atom. The standard InChI is InChI=1S/C11H8Cl2N2/c1-2-15-8(6-14)5-7-3-4-9(12)10(13)11(7)15/h3-5H,2H2,1H3. The summed E-state index contributed by atoms with van der Waals surface area (Å²) in [6.45, 7) is 2.67. The van der Waals surface area contributed by atoms with Crippen molar-refractivity contribution in [3.8, 4) is 6.07 Å². The van der Waals surface area contributed by atoms with Crippen LogP contribution in [0, 0.1) is 11.3 Å². The van der Waals surface area contributed by atoms with Gasteiger partial charge in [-0.15, -0.1) is 0 Å². The number of benzene rings is 1. The van der Waals surface area contributed by atoms with Gasteiger partial charge < -0.3 is 4.57 Å². The van der Waals surface area contributed by atoms with Gasteiger partial charge in [-0.1, -0.05) is 29.3 Å². The van der Waals surface area contributed by atoms with Gasteiger partial charge in [-0.05, 0) is 19.1 Å².